The number of benzene rings is 3. The minimum absolute atomic E-state index is 0.0405. The molecule has 0 fully saturated rings. The average molecular weight is 465 g/mol. The predicted molar refractivity (Wildman–Crippen MR) is 138 cm³/mol. The maximum Gasteiger partial charge on any atom is 0.255 e. The van der Waals surface area contributed by atoms with Crippen LogP contribution in [0.2, 0.25) is 0 Å². The Bertz CT molecular complexity index is 1380. The Labute approximate surface area is 205 Å². The van der Waals surface area contributed by atoms with Gasteiger partial charge in [-0.3, -0.25) is 9.59 Å². The summed E-state index contributed by atoms with van der Waals surface area (Å²) in [6, 6.07) is 25.0. The predicted octanol–water partition coefficient (Wildman–Crippen LogP) is 6.27. The van der Waals surface area contributed by atoms with Gasteiger partial charge in [0.05, 0.1) is 0 Å². The summed E-state index contributed by atoms with van der Waals surface area (Å²) >= 11 is 0. The molecule has 4 aromatic rings. The smallest absolute Gasteiger partial charge is 0.255 e. The van der Waals surface area contributed by atoms with Crippen LogP contribution in [0.1, 0.15) is 50.1 Å². The maximum atomic E-state index is 13.0. The number of fused-ring (bicyclic) bond motifs is 1. The number of rotatable bonds is 5. The van der Waals surface area contributed by atoms with Crippen molar-refractivity contribution in [2.45, 2.75) is 33.2 Å². The molecule has 2 heterocycles. The third-order valence-electron chi connectivity index (χ3n) is 6.45. The number of carbonyl (C=O) groups is 2. The van der Waals surface area contributed by atoms with E-state index in [0.717, 1.165) is 34.6 Å². The van der Waals surface area contributed by atoms with E-state index in [2.05, 4.69) is 12.2 Å². The van der Waals surface area contributed by atoms with Gasteiger partial charge in [0.1, 0.15) is 11.5 Å². The molecule has 0 saturated heterocycles. The standard InChI is InChI=1S/C30H28N2O3/c1-3-21-10-12-22(13-11-21)29(33)31-26-9-5-7-23(17-26)28-18-25-19-32(15-14-27(25)35-28)30(34)24-8-4-6-20(2)16-24/h4-13,16-18H,3,14-15,19H2,1-2H3,(H,31,33). The fourth-order valence-corrected chi connectivity index (χ4v) is 4.45. The molecule has 0 radical (unpaired) electrons. The largest absolute Gasteiger partial charge is 0.461 e. The molecule has 176 valence electrons. The third kappa shape index (κ3) is 4.90. The van der Waals surface area contributed by atoms with Gasteiger partial charge in [-0.15, -0.1) is 0 Å². The van der Waals surface area contributed by atoms with E-state index in [1.54, 1.807) is 0 Å². The Morgan fingerprint density at radius 1 is 0.943 bits per heavy atom. The number of aryl methyl sites for hydroxylation is 2. The van der Waals surface area contributed by atoms with E-state index in [-0.39, 0.29) is 11.8 Å². The number of carbonyl (C=O) groups excluding carboxylic acids is 2. The lowest BCUT2D eigenvalue weighted by atomic mass is 10.1. The van der Waals surface area contributed by atoms with Crippen LogP contribution >= 0.6 is 0 Å². The zero-order valence-electron chi connectivity index (χ0n) is 20.0. The van der Waals surface area contributed by atoms with E-state index >= 15 is 0 Å². The van der Waals surface area contributed by atoms with Crippen molar-refractivity contribution >= 4 is 17.5 Å². The summed E-state index contributed by atoms with van der Waals surface area (Å²) in [6.07, 6.45) is 1.62. The first-order valence-corrected chi connectivity index (χ1v) is 12.0. The van der Waals surface area contributed by atoms with Gasteiger partial charge in [0.25, 0.3) is 11.8 Å². The average Bonchev–Trinajstić information content (AvgIpc) is 3.32. The Morgan fingerprint density at radius 3 is 2.51 bits per heavy atom. The van der Waals surface area contributed by atoms with Crippen molar-refractivity contribution in [2.75, 3.05) is 11.9 Å². The van der Waals surface area contributed by atoms with E-state index in [0.29, 0.717) is 36.3 Å². The molecule has 0 bridgehead atoms. The summed E-state index contributed by atoms with van der Waals surface area (Å²) in [5, 5.41) is 2.98. The highest BCUT2D eigenvalue weighted by molar-refractivity contribution is 6.04. The van der Waals surface area contributed by atoms with Crippen molar-refractivity contribution < 1.29 is 14.0 Å². The SMILES string of the molecule is CCc1ccc(C(=O)Nc2cccc(-c3cc4c(o3)CCN(C(=O)c3cccc(C)c3)C4)c2)cc1. The molecule has 5 heteroatoms. The van der Waals surface area contributed by atoms with Gasteiger partial charge in [-0.05, 0) is 61.4 Å². The van der Waals surface area contributed by atoms with Gasteiger partial charge in [0.2, 0.25) is 0 Å². The highest BCUT2D eigenvalue weighted by Gasteiger charge is 2.25. The first-order valence-electron chi connectivity index (χ1n) is 12.0. The first-order chi connectivity index (χ1) is 17.0. The number of nitrogens with one attached hydrogen (secondary N) is 1. The van der Waals surface area contributed by atoms with E-state index in [9.17, 15) is 9.59 Å². The van der Waals surface area contributed by atoms with Crippen LogP contribution < -0.4 is 5.32 Å². The molecule has 0 aliphatic carbocycles. The van der Waals surface area contributed by atoms with Crippen molar-refractivity contribution in [3.05, 3.63) is 112 Å². The second-order valence-electron chi connectivity index (χ2n) is 8.99. The second kappa shape index (κ2) is 9.63. The molecule has 1 aromatic heterocycles. The van der Waals surface area contributed by atoms with Crippen molar-refractivity contribution in [3.63, 3.8) is 0 Å². The summed E-state index contributed by atoms with van der Waals surface area (Å²) in [5.41, 5.74) is 6.23. The number of furan rings is 1. The van der Waals surface area contributed by atoms with Gasteiger partial charge < -0.3 is 14.6 Å². The van der Waals surface area contributed by atoms with Crippen LogP contribution in [0.3, 0.4) is 0 Å². The maximum absolute atomic E-state index is 13.0. The molecule has 1 aliphatic rings. The molecular formula is C30H28N2O3. The Balaban J connectivity index is 1.31. The summed E-state index contributed by atoms with van der Waals surface area (Å²) in [5.74, 6) is 1.55. The summed E-state index contributed by atoms with van der Waals surface area (Å²) in [7, 11) is 0. The van der Waals surface area contributed by atoms with Gasteiger partial charge in [-0.2, -0.15) is 0 Å². The van der Waals surface area contributed by atoms with Crippen LogP contribution in [-0.2, 0) is 19.4 Å². The second-order valence-corrected chi connectivity index (χ2v) is 8.99. The Morgan fingerprint density at radius 2 is 1.74 bits per heavy atom. The fourth-order valence-electron chi connectivity index (χ4n) is 4.45. The van der Waals surface area contributed by atoms with Crippen molar-refractivity contribution in [1.82, 2.24) is 4.90 Å². The lowest BCUT2D eigenvalue weighted by Crippen LogP contribution is -2.35. The number of amides is 2. The number of nitrogens with zero attached hydrogens (tertiary/aromatic N) is 1. The number of anilines is 1. The minimum atomic E-state index is -0.145. The third-order valence-corrected chi connectivity index (χ3v) is 6.45. The zero-order valence-corrected chi connectivity index (χ0v) is 20.0. The van der Waals surface area contributed by atoms with Gasteiger partial charge in [0.15, 0.2) is 0 Å². The molecule has 1 aliphatic heterocycles. The van der Waals surface area contributed by atoms with Gasteiger partial charge in [0, 0.05) is 47.5 Å². The van der Waals surface area contributed by atoms with Crippen LogP contribution in [-0.4, -0.2) is 23.3 Å². The monoisotopic (exact) mass is 464 g/mol. The van der Waals surface area contributed by atoms with Gasteiger partial charge in [-0.25, -0.2) is 0 Å². The number of hydrogen-bond acceptors (Lipinski definition) is 3. The lowest BCUT2D eigenvalue weighted by Gasteiger charge is -2.26. The number of hydrogen-bond donors (Lipinski definition) is 1. The molecule has 5 rings (SSSR count). The molecule has 2 amide bonds. The molecule has 0 unspecified atom stereocenters. The molecule has 5 nitrogen and oxygen atoms in total. The van der Waals surface area contributed by atoms with E-state index < -0.39 is 0 Å². The summed E-state index contributed by atoms with van der Waals surface area (Å²) in [4.78, 5) is 27.6. The normalized spacial score (nSPS) is 12.8. The van der Waals surface area contributed by atoms with E-state index in [1.165, 1.54) is 5.56 Å². The van der Waals surface area contributed by atoms with E-state index in [1.807, 2.05) is 90.7 Å². The van der Waals surface area contributed by atoms with Crippen molar-refractivity contribution in [2.24, 2.45) is 0 Å². The summed E-state index contributed by atoms with van der Waals surface area (Å²) in [6.45, 7) is 5.23. The lowest BCUT2D eigenvalue weighted by molar-refractivity contribution is 0.0729. The van der Waals surface area contributed by atoms with Gasteiger partial charge >= 0.3 is 0 Å². The molecule has 3 aromatic carbocycles. The van der Waals surface area contributed by atoms with Crippen LogP contribution in [0.4, 0.5) is 5.69 Å². The molecule has 1 N–H and O–H groups in total. The van der Waals surface area contributed by atoms with Crippen LogP contribution in [0.25, 0.3) is 11.3 Å². The van der Waals surface area contributed by atoms with Crippen LogP contribution in [0.15, 0.2) is 83.3 Å². The highest BCUT2D eigenvalue weighted by Crippen LogP contribution is 2.31. The molecule has 35 heavy (non-hydrogen) atoms. The van der Waals surface area contributed by atoms with Crippen molar-refractivity contribution in [1.29, 1.82) is 0 Å². The Hall–Kier alpha value is -4.12. The van der Waals surface area contributed by atoms with Gasteiger partial charge in [-0.1, -0.05) is 48.9 Å². The fraction of sp³-hybridized carbons (Fsp3) is 0.200. The van der Waals surface area contributed by atoms with Crippen molar-refractivity contribution in [3.8, 4) is 11.3 Å². The highest BCUT2D eigenvalue weighted by atomic mass is 16.3. The molecule has 0 atom stereocenters. The van der Waals surface area contributed by atoms with Crippen LogP contribution in [0, 0.1) is 6.92 Å². The van der Waals surface area contributed by atoms with E-state index in [4.69, 9.17) is 4.42 Å². The topological polar surface area (TPSA) is 62.6 Å². The first kappa shape index (κ1) is 22.7. The Kier molecular flexibility index (Phi) is 6.23. The molecule has 0 spiro atoms. The molecular weight excluding hydrogens is 436 g/mol. The molecule has 0 saturated carbocycles. The quantitative estimate of drug-likeness (QED) is 0.379. The van der Waals surface area contributed by atoms with Crippen LogP contribution in [0.5, 0.6) is 0 Å². The zero-order chi connectivity index (χ0) is 24.4. The minimum Gasteiger partial charge on any atom is -0.461 e. The summed E-state index contributed by atoms with van der Waals surface area (Å²) < 4.78 is 6.16.